The average molecular weight is 325 g/mol. The molecule has 0 radical (unpaired) electrons. The maximum atomic E-state index is 12.4. The van der Waals surface area contributed by atoms with E-state index in [-0.39, 0.29) is 11.4 Å². The van der Waals surface area contributed by atoms with Crippen molar-refractivity contribution in [1.29, 1.82) is 0 Å². The van der Waals surface area contributed by atoms with E-state index in [4.69, 9.17) is 13.9 Å². The quantitative estimate of drug-likeness (QED) is 0.845. The highest BCUT2D eigenvalue weighted by molar-refractivity contribution is 7.89. The standard InChI is InChI=1S/C15H19NO5S/c1-11-9-12(19-2)6-7-15(11)22(17,18)16-10-14(20-3)13-5-4-8-21-13/h4-9,14,16H,10H2,1-3H3. The summed E-state index contributed by atoms with van der Waals surface area (Å²) in [4.78, 5) is 0.211. The van der Waals surface area contributed by atoms with Gasteiger partial charge in [-0.05, 0) is 42.8 Å². The van der Waals surface area contributed by atoms with Crippen LogP contribution in [0.25, 0.3) is 0 Å². The summed E-state index contributed by atoms with van der Waals surface area (Å²) in [5.74, 6) is 1.18. The highest BCUT2D eigenvalue weighted by Crippen LogP contribution is 2.22. The molecule has 0 aliphatic heterocycles. The molecule has 1 heterocycles. The molecule has 1 atom stereocenters. The molecule has 7 heteroatoms. The van der Waals surface area contributed by atoms with E-state index in [1.54, 1.807) is 31.2 Å². The first-order chi connectivity index (χ1) is 10.5. The number of nitrogens with one attached hydrogen (secondary N) is 1. The van der Waals surface area contributed by atoms with Gasteiger partial charge in [-0.2, -0.15) is 0 Å². The van der Waals surface area contributed by atoms with Crippen LogP contribution in [0.1, 0.15) is 17.4 Å². The Hall–Kier alpha value is -1.83. The van der Waals surface area contributed by atoms with Crippen molar-refractivity contribution in [2.75, 3.05) is 20.8 Å². The lowest BCUT2D eigenvalue weighted by atomic mass is 10.2. The van der Waals surface area contributed by atoms with Gasteiger partial charge in [-0.1, -0.05) is 0 Å². The van der Waals surface area contributed by atoms with Gasteiger partial charge in [0.05, 0.1) is 18.3 Å². The first-order valence-corrected chi connectivity index (χ1v) is 8.16. The Balaban J connectivity index is 2.14. The van der Waals surface area contributed by atoms with Crippen molar-refractivity contribution in [3.05, 3.63) is 47.9 Å². The molecule has 0 spiro atoms. The summed E-state index contributed by atoms with van der Waals surface area (Å²) in [6.07, 6.45) is 1.03. The van der Waals surface area contributed by atoms with Crippen molar-refractivity contribution in [1.82, 2.24) is 4.72 Å². The molecular weight excluding hydrogens is 306 g/mol. The first-order valence-electron chi connectivity index (χ1n) is 6.68. The van der Waals surface area contributed by atoms with E-state index in [0.717, 1.165) is 0 Å². The van der Waals surface area contributed by atoms with Crippen LogP contribution in [0.4, 0.5) is 0 Å². The van der Waals surface area contributed by atoms with Gasteiger partial charge >= 0.3 is 0 Å². The third-order valence-electron chi connectivity index (χ3n) is 3.28. The number of methoxy groups -OCH3 is 2. The summed E-state index contributed by atoms with van der Waals surface area (Å²) in [5.41, 5.74) is 0.610. The summed E-state index contributed by atoms with van der Waals surface area (Å²) >= 11 is 0. The molecule has 0 amide bonds. The number of benzene rings is 1. The molecule has 6 nitrogen and oxygen atoms in total. The molecule has 0 saturated carbocycles. The van der Waals surface area contributed by atoms with E-state index < -0.39 is 16.1 Å². The normalized spacial score (nSPS) is 13.0. The van der Waals surface area contributed by atoms with Crippen LogP contribution in [0.15, 0.2) is 45.9 Å². The van der Waals surface area contributed by atoms with Gasteiger partial charge in [0.25, 0.3) is 0 Å². The topological polar surface area (TPSA) is 77.8 Å². The summed E-state index contributed by atoms with van der Waals surface area (Å²) in [6, 6.07) is 8.27. The zero-order valence-electron chi connectivity index (χ0n) is 12.7. The number of rotatable bonds is 7. The van der Waals surface area contributed by atoms with Crippen LogP contribution in [0.3, 0.4) is 0 Å². The molecule has 1 unspecified atom stereocenters. The van der Waals surface area contributed by atoms with E-state index in [1.807, 2.05) is 0 Å². The second kappa shape index (κ2) is 6.95. The molecule has 1 aromatic heterocycles. The minimum atomic E-state index is -3.64. The lowest BCUT2D eigenvalue weighted by Gasteiger charge is -2.15. The number of ether oxygens (including phenoxy) is 2. The molecule has 1 aromatic carbocycles. The van der Waals surface area contributed by atoms with Gasteiger partial charge in [0.15, 0.2) is 0 Å². The van der Waals surface area contributed by atoms with Crippen molar-refractivity contribution in [2.45, 2.75) is 17.9 Å². The molecular formula is C15H19NO5S. The monoisotopic (exact) mass is 325 g/mol. The van der Waals surface area contributed by atoms with Crippen molar-refractivity contribution >= 4 is 10.0 Å². The van der Waals surface area contributed by atoms with Gasteiger partial charge in [0, 0.05) is 13.7 Å². The van der Waals surface area contributed by atoms with Gasteiger partial charge in [-0.25, -0.2) is 13.1 Å². The second-order valence-electron chi connectivity index (χ2n) is 4.72. The highest BCUT2D eigenvalue weighted by atomic mass is 32.2. The summed E-state index contributed by atoms with van der Waals surface area (Å²) in [7, 11) is -0.604. The largest absolute Gasteiger partial charge is 0.497 e. The van der Waals surface area contributed by atoms with Gasteiger partial charge in [0.2, 0.25) is 10.0 Å². The lowest BCUT2D eigenvalue weighted by Crippen LogP contribution is -2.29. The number of hydrogen-bond donors (Lipinski definition) is 1. The van der Waals surface area contributed by atoms with Gasteiger partial charge in [-0.15, -0.1) is 0 Å². The number of furan rings is 1. The van der Waals surface area contributed by atoms with Gasteiger partial charge in [0.1, 0.15) is 17.6 Å². The van der Waals surface area contributed by atoms with Crippen LogP contribution in [-0.4, -0.2) is 29.2 Å². The lowest BCUT2D eigenvalue weighted by molar-refractivity contribution is 0.0878. The van der Waals surface area contributed by atoms with Crippen molar-refractivity contribution < 1.29 is 22.3 Å². The second-order valence-corrected chi connectivity index (χ2v) is 6.46. The minimum absolute atomic E-state index is 0.0812. The number of sulfonamides is 1. The molecule has 1 N–H and O–H groups in total. The van der Waals surface area contributed by atoms with E-state index in [0.29, 0.717) is 17.1 Å². The fourth-order valence-corrected chi connectivity index (χ4v) is 3.34. The van der Waals surface area contributed by atoms with E-state index in [9.17, 15) is 8.42 Å². The third-order valence-corrected chi connectivity index (χ3v) is 4.86. The predicted molar refractivity (Wildman–Crippen MR) is 81.4 cm³/mol. The van der Waals surface area contributed by atoms with Gasteiger partial charge in [-0.3, -0.25) is 0 Å². The van der Waals surface area contributed by atoms with Crippen molar-refractivity contribution in [3.8, 4) is 5.75 Å². The maximum Gasteiger partial charge on any atom is 0.240 e. The first kappa shape index (κ1) is 16.5. The Morgan fingerprint density at radius 2 is 2.05 bits per heavy atom. The summed E-state index contributed by atoms with van der Waals surface area (Å²) < 4.78 is 42.9. The average Bonchev–Trinajstić information content (AvgIpc) is 3.01. The zero-order valence-corrected chi connectivity index (χ0v) is 13.5. The Labute approximate surface area is 130 Å². The third kappa shape index (κ3) is 3.68. The van der Waals surface area contributed by atoms with E-state index in [2.05, 4.69) is 4.72 Å². The van der Waals surface area contributed by atoms with Crippen LogP contribution in [0.2, 0.25) is 0 Å². The minimum Gasteiger partial charge on any atom is -0.497 e. The maximum absolute atomic E-state index is 12.4. The smallest absolute Gasteiger partial charge is 0.240 e. The molecule has 120 valence electrons. The summed E-state index contributed by atoms with van der Waals surface area (Å²) in [6.45, 7) is 1.80. The van der Waals surface area contributed by atoms with Crippen LogP contribution in [-0.2, 0) is 14.8 Å². The van der Waals surface area contributed by atoms with E-state index in [1.165, 1.54) is 26.5 Å². The predicted octanol–water partition coefficient (Wildman–Crippen LogP) is 2.26. The summed E-state index contributed by atoms with van der Waals surface area (Å²) in [5, 5.41) is 0. The van der Waals surface area contributed by atoms with Crippen LogP contribution < -0.4 is 9.46 Å². The van der Waals surface area contributed by atoms with Crippen molar-refractivity contribution in [2.24, 2.45) is 0 Å². The highest BCUT2D eigenvalue weighted by Gasteiger charge is 2.21. The Bertz CT molecular complexity index is 710. The fraction of sp³-hybridized carbons (Fsp3) is 0.333. The Morgan fingerprint density at radius 1 is 1.27 bits per heavy atom. The molecule has 0 aliphatic rings. The molecule has 0 bridgehead atoms. The van der Waals surface area contributed by atoms with Crippen LogP contribution in [0, 0.1) is 6.92 Å². The van der Waals surface area contributed by atoms with Crippen LogP contribution >= 0.6 is 0 Å². The number of aryl methyl sites for hydroxylation is 1. The molecule has 0 aliphatic carbocycles. The molecule has 0 saturated heterocycles. The SMILES string of the molecule is COc1ccc(S(=O)(=O)NCC(OC)c2ccco2)c(C)c1. The van der Waals surface area contributed by atoms with E-state index >= 15 is 0 Å². The molecule has 22 heavy (non-hydrogen) atoms. The van der Waals surface area contributed by atoms with Gasteiger partial charge < -0.3 is 13.9 Å². The van der Waals surface area contributed by atoms with Crippen LogP contribution in [0.5, 0.6) is 5.75 Å². The Kier molecular flexibility index (Phi) is 5.23. The number of hydrogen-bond acceptors (Lipinski definition) is 5. The van der Waals surface area contributed by atoms with Crippen molar-refractivity contribution in [3.63, 3.8) is 0 Å². The molecule has 2 aromatic rings. The molecule has 0 fully saturated rings. The molecule has 2 rings (SSSR count). The Morgan fingerprint density at radius 3 is 2.59 bits per heavy atom. The zero-order chi connectivity index (χ0) is 16.2. The fourth-order valence-electron chi connectivity index (χ4n) is 2.09.